The maximum Gasteiger partial charge on any atom is 0.338 e. The summed E-state index contributed by atoms with van der Waals surface area (Å²) in [5, 5.41) is 3.93. The lowest BCUT2D eigenvalue weighted by Crippen LogP contribution is -2.22. The van der Waals surface area contributed by atoms with E-state index in [1.165, 1.54) is 38.4 Å². The Morgan fingerprint density at radius 2 is 1.74 bits per heavy atom. The minimum Gasteiger partial charge on any atom is -0.486 e. The third-order valence-electron chi connectivity index (χ3n) is 4.61. The summed E-state index contributed by atoms with van der Waals surface area (Å²) < 4.78 is 47.0. The molecule has 0 atom stereocenters. The summed E-state index contributed by atoms with van der Waals surface area (Å²) in [5.41, 5.74) is 1.42. The van der Waals surface area contributed by atoms with Gasteiger partial charge in [-0.1, -0.05) is 5.16 Å². The Kier molecular flexibility index (Phi) is 5.66. The zero-order valence-electron chi connectivity index (χ0n) is 16.9. The van der Waals surface area contributed by atoms with Crippen LogP contribution in [0.4, 0.5) is 0 Å². The average molecular weight is 444 g/mol. The predicted molar refractivity (Wildman–Crippen MR) is 109 cm³/mol. The van der Waals surface area contributed by atoms with E-state index in [0.717, 1.165) is 9.87 Å². The molecule has 1 aliphatic rings. The smallest absolute Gasteiger partial charge is 0.338 e. The molecule has 1 aromatic heterocycles. The fraction of sp³-hybridized carbons (Fsp3) is 0.238. The van der Waals surface area contributed by atoms with Gasteiger partial charge >= 0.3 is 5.97 Å². The van der Waals surface area contributed by atoms with Crippen LogP contribution in [0.25, 0.3) is 11.3 Å². The number of carbonyl (C=O) groups excluding carboxylic acids is 1. The van der Waals surface area contributed by atoms with E-state index in [2.05, 4.69) is 5.16 Å². The molecule has 1 aliphatic heterocycles. The summed E-state index contributed by atoms with van der Waals surface area (Å²) in [5.74, 6) is 1.21. The van der Waals surface area contributed by atoms with Crippen LogP contribution < -0.4 is 9.47 Å². The molecule has 2 heterocycles. The molecule has 9 nitrogen and oxygen atoms in total. The Morgan fingerprint density at radius 3 is 2.45 bits per heavy atom. The molecule has 0 saturated heterocycles. The second kappa shape index (κ2) is 8.40. The zero-order valence-corrected chi connectivity index (χ0v) is 17.7. The minimum absolute atomic E-state index is 0.0922. The number of fused-ring (bicyclic) bond motifs is 1. The van der Waals surface area contributed by atoms with E-state index in [1.807, 2.05) is 6.07 Å². The highest BCUT2D eigenvalue weighted by Gasteiger charge is 2.19. The maximum atomic E-state index is 12.3. The summed E-state index contributed by atoms with van der Waals surface area (Å²) in [7, 11) is -0.684. The number of ether oxygens (including phenoxy) is 3. The lowest BCUT2D eigenvalue weighted by Gasteiger charge is -2.18. The number of hydrogen-bond donors (Lipinski definition) is 0. The first kappa shape index (κ1) is 20.9. The van der Waals surface area contributed by atoms with Crippen molar-refractivity contribution in [3.8, 4) is 22.8 Å². The van der Waals surface area contributed by atoms with E-state index < -0.39 is 16.0 Å². The Bertz CT molecular complexity index is 1200. The van der Waals surface area contributed by atoms with Crippen LogP contribution in [0.3, 0.4) is 0 Å². The molecule has 4 rings (SSSR count). The van der Waals surface area contributed by atoms with Crippen LogP contribution in [0.2, 0.25) is 0 Å². The quantitative estimate of drug-likeness (QED) is 0.534. The van der Waals surface area contributed by atoms with E-state index in [9.17, 15) is 13.2 Å². The van der Waals surface area contributed by atoms with Gasteiger partial charge in [-0.15, -0.1) is 0 Å². The molecule has 3 aromatic rings. The van der Waals surface area contributed by atoms with Gasteiger partial charge in [-0.25, -0.2) is 17.5 Å². The van der Waals surface area contributed by atoms with Gasteiger partial charge in [0, 0.05) is 25.7 Å². The molecule has 0 aliphatic carbocycles. The second-order valence-corrected chi connectivity index (χ2v) is 9.08. The Labute approximate surface area is 179 Å². The number of carbonyl (C=O) groups is 1. The first-order chi connectivity index (χ1) is 14.8. The van der Waals surface area contributed by atoms with Crippen molar-refractivity contribution in [3.05, 3.63) is 59.8 Å². The van der Waals surface area contributed by atoms with Gasteiger partial charge < -0.3 is 18.7 Å². The standard InChI is InChI=1S/C21H20N2O7S/c1-23(2)31(25,26)17-6-3-14(4-7-17)21(24)29-13-16-12-19(30-22-16)15-5-8-18-20(11-15)28-10-9-27-18/h3-8,11-12H,9-10,13H2,1-2H3. The molecule has 162 valence electrons. The Balaban J connectivity index is 1.40. The van der Waals surface area contributed by atoms with Crippen LogP contribution in [-0.2, 0) is 21.4 Å². The summed E-state index contributed by atoms with van der Waals surface area (Å²) in [6.45, 7) is 0.902. The normalized spacial score (nSPS) is 13.3. The zero-order chi connectivity index (χ0) is 22.0. The molecule has 0 fully saturated rings. The Morgan fingerprint density at radius 1 is 1.03 bits per heavy atom. The first-order valence-corrected chi connectivity index (χ1v) is 10.8. The summed E-state index contributed by atoms with van der Waals surface area (Å²) in [4.78, 5) is 12.4. The van der Waals surface area contributed by atoms with Crippen molar-refractivity contribution < 1.29 is 31.9 Å². The second-order valence-electron chi connectivity index (χ2n) is 6.93. The van der Waals surface area contributed by atoms with Crippen molar-refractivity contribution in [2.45, 2.75) is 11.5 Å². The highest BCUT2D eigenvalue weighted by atomic mass is 32.2. The van der Waals surface area contributed by atoms with E-state index in [0.29, 0.717) is 36.2 Å². The van der Waals surface area contributed by atoms with Crippen molar-refractivity contribution in [1.29, 1.82) is 0 Å². The fourth-order valence-electron chi connectivity index (χ4n) is 2.91. The van der Waals surface area contributed by atoms with Gasteiger partial charge in [0.2, 0.25) is 10.0 Å². The van der Waals surface area contributed by atoms with Crippen molar-refractivity contribution in [3.63, 3.8) is 0 Å². The van der Waals surface area contributed by atoms with Gasteiger partial charge in [-0.05, 0) is 42.5 Å². The van der Waals surface area contributed by atoms with Crippen LogP contribution >= 0.6 is 0 Å². The molecule has 10 heteroatoms. The summed E-state index contributed by atoms with van der Waals surface area (Å²) >= 11 is 0. The molecule has 31 heavy (non-hydrogen) atoms. The number of sulfonamides is 1. The molecular weight excluding hydrogens is 424 g/mol. The van der Waals surface area contributed by atoms with Crippen LogP contribution in [0.15, 0.2) is 57.9 Å². The van der Waals surface area contributed by atoms with Gasteiger partial charge in [-0.3, -0.25) is 0 Å². The highest BCUT2D eigenvalue weighted by molar-refractivity contribution is 7.89. The molecule has 0 N–H and O–H groups in total. The van der Waals surface area contributed by atoms with Gasteiger partial charge in [-0.2, -0.15) is 0 Å². The number of nitrogens with zero attached hydrogens (tertiary/aromatic N) is 2. The largest absolute Gasteiger partial charge is 0.486 e. The van der Waals surface area contributed by atoms with E-state index in [4.69, 9.17) is 18.7 Å². The van der Waals surface area contributed by atoms with Crippen molar-refractivity contribution in [2.75, 3.05) is 27.3 Å². The van der Waals surface area contributed by atoms with Crippen molar-refractivity contribution >= 4 is 16.0 Å². The van der Waals surface area contributed by atoms with Gasteiger partial charge in [0.05, 0.1) is 10.5 Å². The molecule has 0 radical (unpaired) electrons. The number of rotatable bonds is 6. The van der Waals surface area contributed by atoms with Crippen molar-refractivity contribution in [1.82, 2.24) is 9.46 Å². The summed E-state index contributed by atoms with van der Waals surface area (Å²) in [6, 6.07) is 12.6. The van der Waals surface area contributed by atoms with Crippen LogP contribution in [-0.4, -0.2) is 51.2 Å². The molecule has 0 bridgehead atoms. The number of aromatic nitrogens is 1. The fourth-order valence-corrected chi connectivity index (χ4v) is 3.81. The first-order valence-electron chi connectivity index (χ1n) is 9.40. The van der Waals surface area contributed by atoms with Crippen LogP contribution in [0, 0.1) is 0 Å². The monoisotopic (exact) mass is 444 g/mol. The molecule has 0 saturated carbocycles. The molecule has 0 spiro atoms. The highest BCUT2D eigenvalue weighted by Crippen LogP contribution is 2.34. The minimum atomic E-state index is -3.56. The SMILES string of the molecule is CN(C)S(=O)(=O)c1ccc(C(=O)OCc2cc(-c3ccc4c(c3)OCCO4)on2)cc1. The van der Waals surface area contributed by atoms with E-state index >= 15 is 0 Å². The Hall–Kier alpha value is -3.37. The third kappa shape index (κ3) is 4.39. The maximum absolute atomic E-state index is 12.3. The number of hydrogen-bond acceptors (Lipinski definition) is 8. The van der Waals surface area contributed by atoms with Gasteiger partial charge in [0.15, 0.2) is 17.3 Å². The van der Waals surface area contributed by atoms with Crippen LogP contribution in [0.1, 0.15) is 16.1 Å². The van der Waals surface area contributed by atoms with Crippen molar-refractivity contribution in [2.24, 2.45) is 0 Å². The van der Waals surface area contributed by atoms with E-state index in [-0.39, 0.29) is 17.1 Å². The molecule has 0 unspecified atom stereocenters. The topological polar surface area (TPSA) is 108 Å². The van der Waals surface area contributed by atoms with E-state index in [1.54, 1.807) is 18.2 Å². The number of benzene rings is 2. The van der Waals surface area contributed by atoms with Gasteiger partial charge in [0.25, 0.3) is 0 Å². The summed E-state index contributed by atoms with van der Waals surface area (Å²) in [6.07, 6.45) is 0. The third-order valence-corrected chi connectivity index (χ3v) is 6.43. The molecular formula is C21H20N2O7S. The molecule has 2 aromatic carbocycles. The lowest BCUT2D eigenvalue weighted by molar-refractivity contribution is 0.0464. The lowest BCUT2D eigenvalue weighted by atomic mass is 10.1. The van der Waals surface area contributed by atoms with Crippen LogP contribution in [0.5, 0.6) is 11.5 Å². The molecule has 0 amide bonds. The average Bonchev–Trinajstić information content (AvgIpc) is 3.26. The predicted octanol–water partition coefficient (Wildman–Crippen LogP) is 2.72. The van der Waals surface area contributed by atoms with Gasteiger partial charge in [0.1, 0.15) is 25.5 Å². The number of esters is 1.